The van der Waals surface area contributed by atoms with Gasteiger partial charge in [0.2, 0.25) is 24.0 Å². The molecule has 382 valence electrons. The number of allylic oxidation sites excluding steroid dienone is 1. The van der Waals surface area contributed by atoms with Crippen molar-refractivity contribution in [1.29, 1.82) is 0 Å². The molecule has 1 saturated carbocycles. The topological polar surface area (TPSA) is 309 Å². The molecule has 0 radical (unpaired) electrons. The molecule has 24 nitrogen and oxygen atoms in total. The van der Waals surface area contributed by atoms with Crippen LogP contribution in [0.25, 0.3) is 0 Å². The number of nitrogens with one attached hydrogen (secondary N) is 2. The lowest BCUT2D eigenvalue weighted by Crippen LogP contribution is -2.64. The summed E-state index contributed by atoms with van der Waals surface area (Å²) in [5.74, 6) is -8.28. The molecule has 5 rings (SSSR count). The van der Waals surface area contributed by atoms with Crippen molar-refractivity contribution >= 4 is 65.3 Å². The van der Waals surface area contributed by atoms with E-state index in [1.54, 1.807) is 19.1 Å². The van der Waals surface area contributed by atoms with Gasteiger partial charge in [-0.3, -0.25) is 49.1 Å². The number of hydrogen-bond acceptors (Lipinski definition) is 23. The molecule has 4 fully saturated rings. The van der Waals surface area contributed by atoms with Gasteiger partial charge in [-0.05, 0) is 37.2 Å². The third-order valence-electron chi connectivity index (χ3n) is 11.5. The van der Waals surface area contributed by atoms with Crippen LogP contribution in [-0.2, 0) is 100 Å². The Hall–Kier alpha value is -6.27. The smallest absolute Gasteiger partial charge is 0.339 e. The number of hydrazone groups is 1. The molecule has 0 aromatic heterocycles. The molecule has 0 aromatic carbocycles. The van der Waals surface area contributed by atoms with Crippen LogP contribution in [0.1, 0.15) is 87.5 Å². The summed E-state index contributed by atoms with van der Waals surface area (Å²) in [6.45, 7) is 14.8. The second kappa shape index (κ2) is 24.8. The number of piperidine rings is 1. The number of rotatable bonds is 13. The molecule has 0 spiro atoms. The Bertz CT molecular complexity index is 2040. The van der Waals surface area contributed by atoms with Crippen LogP contribution in [0.3, 0.4) is 0 Å². The maximum Gasteiger partial charge on any atom is 0.339 e. The van der Waals surface area contributed by atoms with Crippen LogP contribution in [-0.4, -0.2) is 141 Å². The molecular weight excluding hydrogens is 918 g/mol. The van der Waals surface area contributed by atoms with E-state index in [0.717, 1.165) is 35.0 Å². The highest BCUT2D eigenvalue weighted by atomic mass is 16.7. The van der Waals surface area contributed by atoms with Gasteiger partial charge in [0.05, 0.1) is 26.2 Å². The zero-order valence-electron chi connectivity index (χ0n) is 40.1. The van der Waals surface area contributed by atoms with E-state index < -0.39 is 133 Å². The second-order valence-electron chi connectivity index (χ2n) is 17.3. The van der Waals surface area contributed by atoms with Gasteiger partial charge in [0.1, 0.15) is 5.78 Å². The summed E-state index contributed by atoms with van der Waals surface area (Å²) in [4.78, 5) is 122. The van der Waals surface area contributed by atoms with Gasteiger partial charge < -0.3 is 52.1 Å². The molecule has 0 aromatic rings. The van der Waals surface area contributed by atoms with E-state index in [1.807, 2.05) is 13.8 Å². The van der Waals surface area contributed by atoms with Gasteiger partial charge in [-0.2, -0.15) is 0 Å². The van der Waals surface area contributed by atoms with Gasteiger partial charge in [0.15, 0.2) is 49.0 Å². The van der Waals surface area contributed by atoms with Gasteiger partial charge >= 0.3 is 41.8 Å². The van der Waals surface area contributed by atoms with E-state index in [1.165, 1.54) is 13.8 Å². The summed E-state index contributed by atoms with van der Waals surface area (Å²) in [6.07, 6.45) is -8.99. The predicted octanol–water partition coefficient (Wildman–Crippen LogP) is 1.15. The van der Waals surface area contributed by atoms with Crippen molar-refractivity contribution in [3.8, 4) is 0 Å². The van der Waals surface area contributed by atoms with Gasteiger partial charge in [0, 0.05) is 71.1 Å². The minimum atomic E-state index is -1.66. The fraction of sp³-hybridized carbons (Fsp3) is 0.667. The van der Waals surface area contributed by atoms with Crippen LogP contribution in [0, 0.1) is 29.6 Å². The van der Waals surface area contributed by atoms with Gasteiger partial charge in [-0.25, -0.2) is 9.59 Å². The minimum Gasteiger partial charge on any atom is -0.467 e. The summed E-state index contributed by atoms with van der Waals surface area (Å²) >= 11 is 0. The third kappa shape index (κ3) is 15.4. The lowest BCUT2D eigenvalue weighted by Gasteiger charge is -2.45. The highest BCUT2D eigenvalue weighted by Gasteiger charge is 2.57. The molecule has 14 atom stereocenters. The number of esters is 7. The molecule has 4 heterocycles. The molecule has 0 bridgehead atoms. The molecule has 69 heavy (non-hydrogen) atoms. The molecule has 2 N–H and O–H groups in total. The second-order valence-corrected chi connectivity index (χ2v) is 17.3. The first-order valence-electron chi connectivity index (χ1n) is 22.1. The zero-order chi connectivity index (χ0) is 51.4. The molecule has 24 heteroatoms. The number of imide groups is 1. The number of amides is 2. The Morgan fingerprint density at radius 3 is 1.65 bits per heavy atom. The molecule has 1 aliphatic carbocycles. The van der Waals surface area contributed by atoms with E-state index in [4.69, 9.17) is 52.1 Å². The Morgan fingerprint density at radius 2 is 1.16 bits per heavy atom. The van der Waals surface area contributed by atoms with Crippen LogP contribution in [0.4, 0.5) is 0 Å². The monoisotopic (exact) mass is 979 g/mol. The lowest BCUT2D eigenvalue weighted by atomic mass is 9.71. The first-order valence-corrected chi connectivity index (χ1v) is 22.1. The standard InChI is InChI=1S/C28H39NO13.C17H22N2O8/c1-12-7-13(2)22(35)18(8-12)19(9-17-10-20(33)29-21(34)11-17)41-28-26(40-16(5)32)24(39-15(4)31)23(38-14(3)30)25(42-28)27(36)37-6;1-8-6-7-12(19-18-8)26-17-9(2)13(24-10(3)20)14(25-11(4)21)15(27-17)16(22)23-5/h12-13,17-19,23-26,28H,7-11H2,1-6H3,(H,29,33,34);6-7,9,13-15,17-18H,1H2,2-5H3. The van der Waals surface area contributed by atoms with Crippen LogP contribution in [0.5, 0.6) is 0 Å². The van der Waals surface area contributed by atoms with Crippen molar-refractivity contribution in [1.82, 2.24) is 10.7 Å². The molecular formula is C45H61N3O21. The van der Waals surface area contributed by atoms with Gasteiger partial charge in [0.25, 0.3) is 0 Å². The Kier molecular flexibility index (Phi) is 19.9. The highest BCUT2D eigenvalue weighted by molar-refractivity contribution is 5.97. The molecule has 14 unspecified atom stereocenters. The van der Waals surface area contributed by atoms with Crippen LogP contribution >= 0.6 is 0 Å². The molecule has 5 aliphatic rings. The maximum atomic E-state index is 13.4. The predicted molar refractivity (Wildman–Crippen MR) is 230 cm³/mol. The number of methoxy groups -OCH3 is 2. The zero-order valence-corrected chi connectivity index (χ0v) is 40.1. The van der Waals surface area contributed by atoms with Gasteiger partial charge in [-0.1, -0.05) is 27.4 Å². The SMILES string of the molecule is C=C1C=CC(OC2OC(C(=O)OC)C(OC(C)=O)C(OC(C)=O)C2C)=NN1.COC(=O)C1OC(OC(CC2CC(=O)NC(=O)C2)C2CC(C)CC(C)C2=O)C(OC(C)=O)C(OC(C)=O)C1OC(C)=O. The number of carbonyl (C=O) groups excluding carboxylic acids is 10. The average molecular weight is 980 g/mol. The average Bonchev–Trinajstić information content (AvgIpc) is 3.25. The number of carbonyl (C=O) groups is 10. The Morgan fingerprint density at radius 1 is 0.681 bits per heavy atom. The number of hydrogen-bond donors (Lipinski definition) is 2. The fourth-order valence-corrected chi connectivity index (χ4v) is 8.75. The summed E-state index contributed by atoms with van der Waals surface area (Å²) in [6, 6.07) is 0. The number of ketones is 1. The van der Waals surface area contributed by atoms with Crippen molar-refractivity contribution in [2.75, 3.05) is 14.2 Å². The van der Waals surface area contributed by atoms with Gasteiger partial charge in [-0.15, -0.1) is 5.10 Å². The quantitative estimate of drug-likeness (QED) is 0.149. The number of ether oxygens (including phenoxy) is 11. The normalized spacial score (nSPS) is 31.6. The van der Waals surface area contributed by atoms with Crippen molar-refractivity contribution in [2.24, 2.45) is 34.7 Å². The highest BCUT2D eigenvalue weighted by Crippen LogP contribution is 2.39. The largest absolute Gasteiger partial charge is 0.467 e. The van der Waals surface area contributed by atoms with Crippen molar-refractivity contribution in [3.63, 3.8) is 0 Å². The molecule has 3 saturated heterocycles. The summed E-state index contributed by atoms with van der Waals surface area (Å²) < 4.78 is 59.9. The molecule has 4 aliphatic heterocycles. The summed E-state index contributed by atoms with van der Waals surface area (Å²) in [7, 11) is 2.23. The first-order chi connectivity index (χ1) is 32.4. The maximum absolute atomic E-state index is 13.4. The number of Topliss-reactive ketones (excluding diaryl/α,β-unsaturated/α-hetero) is 1. The van der Waals surface area contributed by atoms with Crippen molar-refractivity contribution in [2.45, 2.75) is 149 Å². The van der Waals surface area contributed by atoms with E-state index in [0.29, 0.717) is 18.5 Å². The van der Waals surface area contributed by atoms with E-state index in [-0.39, 0.29) is 42.8 Å². The van der Waals surface area contributed by atoms with E-state index in [9.17, 15) is 47.9 Å². The number of nitrogens with zero attached hydrogens (tertiary/aromatic N) is 1. The first kappa shape index (κ1) is 55.3. The fourth-order valence-electron chi connectivity index (χ4n) is 8.75. The summed E-state index contributed by atoms with van der Waals surface area (Å²) in [5, 5.41) is 6.21. The van der Waals surface area contributed by atoms with Crippen molar-refractivity contribution < 1.29 is 100 Å². The van der Waals surface area contributed by atoms with Crippen LogP contribution < -0.4 is 10.7 Å². The van der Waals surface area contributed by atoms with Crippen LogP contribution in [0.15, 0.2) is 29.5 Å². The Labute approximate surface area is 397 Å². The van der Waals surface area contributed by atoms with Crippen molar-refractivity contribution in [3.05, 3.63) is 24.4 Å². The summed E-state index contributed by atoms with van der Waals surface area (Å²) in [5.41, 5.74) is 3.21. The lowest BCUT2D eigenvalue weighted by molar-refractivity contribution is -0.314. The van der Waals surface area contributed by atoms with E-state index in [2.05, 4.69) is 22.4 Å². The Balaban J connectivity index is 0.000000331. The molecule has 2 amide bonds. The van der Waals surface area contributed by atoms with Crippen LogP contribution in [0.2, 0.25) is 0 Å². The third-order valence-corrected chi connectivity index (χ3v) is 11.5. The van der Waals surface area contributed by atoms with E-state index >= 15 is 0 Å². The minimum absolute atomic E-state index is 0.0197.